The largest absolute Gasteiger partial charge is 0.303 e. The molecule has 0 fully saturated rings. The van der Waals surface area contributed by atoms with Crippen LogP contribution in [-0.2, 0) is 0 Å². The maximum atomic E-state index is 4.08. The van der Waals surface area contributed by atoms with Crippen LogP contribution in [0, 0.1) is 0 Å². The van der Waals surface area contributed by atoms with Crippen molar-refractivity contribution in [1.82, 2.24) is 5.01 Å². The molecular weight excluding hydrogens is 144 g/mol. The summed E-state index contributed by atoms with van der Waals surface area (Å²) in [6.07, 6.45) is 1.84. The third-order valence-corrected chi connectivity index (χ3v) is 1.68. The minimum atomic E-state index is 1.17. The van der Waals surface area contributed by atoms with Crippen LogP contribution in [0.1, 0.15) is 5.56 Å². The van der Waals surface area contributed by atoms with Gasteiger partial charge in [0, 0.05) is 19.7 Å². The summed E-state index contributed by atoms with van der Waals surface area (Å²) in [6, 6.07) is 2.04. The van der Waals surface area contributed by atoms with Crippen molar-refractivity contribution in [2.45, 2.75) is 0 Å². The van der Waals surface area contributed by atoms with Gasteiger partial charge in [-0.25, -0.2) is 0 Å². The fraction of sp³-hybridized carbons (Fsp3) is 0.286. The van der Waals surface area contributed by atoms with Gasteiger partial charge >= 0.3 is 0 Å². The first kappa shape index (κ1) is 7.28. The second-order valence-corrected chi connectivity index (χ2v) is 2.93. The van der Waals surface area contributed by atoms with E-state index in [2.05, 4.69) is 10.5 Å². The van der Waals surface area contributed by atoms with Crippen molar-refractivity contribution >= 4 is 17.6 Å². The lowest BCUT2D eigenvalue weighted by atomic mass is 10.4. The minimum absolute atomic E-state index is 1.17. The van der Waals surface area contributed by atoms with Gasteiger partial charge < -0.3 is 5.01 Å². The Morgan fingerprint density at radius 3 is 2.90 bits per heavy atom. The molecule has 0 aliphatic rings. The summed E-state index contributed by atoms with van der Waals surface area (Å²) in [7, 11) is 3.81. The molecule has 0 radical (unpaired) electrons. The van der Waals surface area contributed by atoms with E-state index < -0.39 is 0 Å². The first-order valence-electron chi connectivity index (χ1n) is 3.02. The Labute approximate surface area is 64.8 Å². The Hall–Kier alpha value is -0.830. The molecule has 0 aromatic carbocycles. The van der Waals surface area contributed by atoms with E-state index in [0.717, 1.165) is 0 Å². The van der Waals surface area contributed by atoms with Gasteiger partial charge in [0.15, 0.2) is 0 Å². The Bertz CT molecular complexity index is 201. The van der Waals surface area contributed by atoms with E-state index in [9.17, 15) is 0 Å². The molecule has 3 heteroatoms. The van der Waals surface area contributed by atoms with Crippen LogP contribution >= 0.6 is 11.3 Å². The molecule has 10 heavy (non-hydrogen) atoms. The zero-order valence-corrected chi connectivity index (χ0v) is 6.93. The maximum absolute atomic E-state index is 4.08. The van der Waals surface area contributed by atoms with Crippen molar-refractivity contribution in [3.63, 3.8) is 0 Å². The summed E-state index contributed by atoms with van der Waals surface area (Å²) < 4.78 is 0. The van der Waals surface area contributed by atoms with E-state index in [1.54, 1.807) is 16.3 Å². The highest BCUT2D eigenvalue weighted by Gasteiger charge is 1.84. The lowest BCUT2D eigenvalue weighted by Crippen LogP contribution is -2.01. The number of nitrogens with zero attached hydrogens (tertiary/aromatic N) is 2. The molecule has 1 aromatic rings. The monoisotopic (exact) mass is 154 g/mol. The molecule has 0 N–H and O–H groups in total. The summed E-state index contributed by atoms with van der Waals surface area (Å²) in [6.45, 7) is 0. The van der Waals surface area contributed by atoms with E-state index in [-0.39, 0.29) is 0 Å². The first-order chi connectivity index (χ1) is 4.79. The first-order valence-corrected chi connectivity index (χ1v) is 3.97. The molecule has 0 amide bonds. The van der Waals surface area contributed by atoms with E-state index in [0.29, 0.717) is 0 Å². The number of rotatable bonds is 2. The number of thiophene rings is 1. The number of hydrogen-bond acceptors (Lipinski definition) is 3. The highest BCUT2D eigenvalue weighted by Crippen LogP contribution is 2.02. The van der Waals surface area contributed by atoms with Crippen LogP contribution in [0.4, 0.5) is 0 Å². The zero-order chi connectivity index (χ0) is 7.40. The van der Waals surface area contributed by atoms with Gasteiger partial charge in [0.1, 0.15) is 0 Å². The van der Waals surface area contributed by atoms with Crippen molar-refractivity contribution in [3.8, 4) is 0 Å². The minimum Gasteiger partial charge on any atom is -0.303 e. The zero-order valence-electron chi connectivity index (χ0n) is 6.11. The second-order valence-electron chi connectivity index (χ2n) is 2.15. The molecule has 54 valence electrons. The van der Waals surface area contributed by atoms with Gasteiger partial charge in [0.2, 0.25) is 0 Å². The molecule has 1 rings (SSSR count). The molecule has 1 heterocycles. The summed E-state index contributed by atoms with van der Waals surface area (Å²) in [5.41, 5.74) is 1.17. The SMILES string of the molecule is CN(C)N=Cc1ccsc1. The summed E-state index contributed by atoms with van der Waals surface area (Å²) in [5, 5.41) is 9.96. The lowest BCUT2D eigenvalue weighted by molar-refractivity contribution is 0.440. The third-order valence-electron chi connectivity index (χ3n) is 0.981. The van der Waals surface area contributed by atoms with Crippen LogP contribution in [-0.4, -0.2) is 25.3 Å². The third kappa shape index (κ3) is 2.19. The van der Waals surface area contributed by atoms with E-state index >= 15 is 0 Å². The van der Waals surface area contributed by atoms with Crippen LogP contribution in [0.15, 0.2) is 21.9 Å². The van der Waals surface area contributed by atoms with Crippen LogP contribution in [0.3, 0.4) is 0 Å². The second kappa shape index (κ2) is 3.37. The molecule has 0 unspecified atom stereocenters. The number of hydrogen-bond donors (Lipinski definition) is 0. The lowest BCUT2D eigenvalue weighted by Gasteiger charge is -2.00. The highest BCUT2D eigenvalue weighted by molar-refractivity contribution is 7.08. The quantitative estimate of drug-likeness (QED) is 0.467. The molecule has 0 bridgehead atoms. The molecule has 0 aliphatic carbocycles. The molecular formula is C7H10N2S. The summed E-state index contributed by atoms with van der Waals surface area (Å²) in [4.78, 5) is 0. The van der Waals surface area contributed by atoms with Crippen LogP contribution in [0.25, 0.3) is 0 Å². The van der Waals surface area contributed by atoms with Crippen LogP contribution in [0.2, 0.25) is 0 Å². The average molecular weight is 154 g/mol. The van der Waals surface area contributed by atoms with Crippen LogP contribution in [0.5, 0.6) is 0 Å². The van der Waals surface area contributed by atoms with Gasteiger partial charge in [-0.15, -0.1) is 0 Å². The van der Waals surface area contributed by atoms with Crippen molar-refractivity contribution in [1.29, 1.82) is 0 Å². The standard InChI is InChI=1S/C7H10N2S/c1-9(2)8-5-7-3-4-10-6-7/h3-6H,1-2H3. The predicted molar refractivity (Wildman–Crippen MR) is 45.6 cm³/mol. The topological polar surface area (TPSA) is 15.6 Å². The van der Waals surface area contributed by atoms with Gasteiger partial charge in [-0.2, -0.15) is 16.4 Å². The van der Waals surface area contributed by atoms with Gasteiger partial charge in [-0.05, 0) is 16.8 Å². The van der Waals surface area contributed by atoms with Crippen LogP contribution < -0.4 is 0 Å². The van der Waals surface area contributed by atoms with Crippen molar-refractivity contribution in [2.24, 2.45) is 5.10 Å². The predicted octanol–water partition coefficient (Wildman–Crippen LogP) is 1.64. The molecule has 0 spiro atoms. The molecule has 1 aromatic heterocycles. The van der Waals surface area contributed by atoms with Crippen molar-refractivity contribution in [3.05, 3.63) is 22.4 Å². The van der Waals surface area contributed by atoms with E-state index in [1.807, 2.05) is 31.8 Å². The Morgan fingerprint density at radius 1 is 1.60 bits per heavy atom. The van der Waals surface area contributed by atoms with Gasteiger partial charge in [-0.3, -0.25) is 0 Å². The normalized spacial score (nSPS) is 10.6. The Morgan fingerprint density at radius 2 is 2.40 bits per heavy atom. The average Bonchev–Trinajstić information content (AvgIpc) is 2.34. The number of hydrazone groups is 1. The molecule has 0 atom stereocenters. The molecule has 2 nitrogen and oxygen atoms in total. The molecule has 0 saturated carbocycles. The van der Waals surface area contributed by atoms with E-state index in [1.165, 1.54) is 5.56 Å². The molecule has 0 aliphatic heterocycles. The van der Waals surface area contributed by atoms with Crippen molar-refractivity contribution < 1.29 is 0 Å². The fourth-order valence-electron chi connectivity index (χ4n) is 0.531. The summed E-state index contributed by atoms with van der Waals surface area (Å²) >= 11 is 1.68. The maximum Gasteiger partial charge on any atom is 0.0551 e. The van der Waals surface area contributed by atoms with Gasteiger partial charge in [0.05, 0.1) is 6.21 Å². The Kier molecular flexibility index (Phi) is 2.45. The van der Waals surface area contributed by atoms with Crippen molar-refractivity contribution in [2.75, 3.05) is 14.1 Å². The smallest absolute Gasteiger partial charge is 0.0551 e. The fourth-order valence-corrected chi connectivity index (χ4v) is 1.14. The summed E-state index contributed by atoms with van der Waals surface area (Å²) in [5.74, 6) is 0. The van der Waals surface area contributed by atoms with Gasteiger partial charge in [0.25, 0.3) is 0 Å². The molecule has 0 saturated heterocycles. The van der Waals surface area contributed by atoms with Gasteiger partial charge in [-0.1, -0.05) is 0 Å². The highest BCUT2D eigenvalue weighted by atomic mass is 32.1. The van der Waals surface area contributed by atoms with E-state index in [4.69, 9.17) is 0 Å². The Balaban J connectivity index is 2.55.